The van der Waals surface area contributed by atoms with Gasteiger partial charge < -0.3 is 5.11 Å². The lowest BCUT2D eigenvalue weighted by molar-refractivity contribution is -0.670. The molecule has 2 aromatic rings. The number of nitrogens with zero attached hydrogens (tertiary/aromatic N) is 3. The Balaban J connectivity index is 2.68. The summed E-state index contributed by atoms with van der Waals surface area (Å²) in [5.41, 5.74) is 0.689. The van der Waals surface area contributed by atoms with Gasteiger partial charge in [-0.05, 0) is 0 Å². The summed E-state index contributed by atoms with van der Waals surface area (Å²) >= 11 is 0. The molecule has 0 aliphatic heterocycles. The van der Waals surface area contributed by atoms with Gasteiger partial charge in [-0.1, -0.05) is 0 Å². The van der Waals surface area contributed by atoms with Gasteiger partial charge in [0.2, 0.25) is 11.8 Å². The Kier molecular flexibility index (Phi) is 1.51. The Morgan fingerprint density at radius 2 is 2.46 bits per heavy atom. The molecule has 0 spiro atoms. The minimum atomic E-state index is -1.01. The molecule has 2 rings (SSSR count). The maximum atomic E-state index is 10.6. The smallest absolute Gasteiger partial charge is 0.356 e. The molecule has 5 nitrogen and oxygen atoms in total. The normalized spacial score (nSPS) is 10.5. The van der Waals surface area contributed by atoms with E-state index in [-0.39, 0.29) is 5.69 Å². The molecule has 13 heavy (non-hydrogen) atoms. The third-order valence-electron chi connectivity index (χ3n) is 1.76. The lowest BCUT2D eigenvalue weighted by atomic mass is 10.5. The van der Waals surface area contributed by atoms with E-state index in [4.69, 9.17) is 5.11 Å². The van der Waals surface area contributed by atoms with E-state index in [2.05, 4.69) is 4.98 Å². The first-order valence-corrected chi connectivity index (χ1v) is 3.74. The van der Waals surface area contributed by atoms with Crippen molar-refractivity contribution in [2.45, 2.75) is 0 Å². The van der Waals surface area contributed by atoms with Crippen LogP contribution < -0.4 is 4.57 Å². The molecule has 0 unspecified atom stereocenters. The summed E-state index contributed by atoms with van der Waals surface area (Å²) in [7, 11) is 1.86. The fourth-order valence-electron chi connectivity index (χ4n) is 1.13. The number of aromatic carboxylic acids is 1. The van der Waals surface area contributed by atoms with E-state index in [1.807, 2.05) is 17.8 Å². The second-order valence-electron chi connectivity index (χ2n) is 2.79. The number of rotatable bonds is 1. The van der Waals surface area contributed by atoms with Gasteiger partial charge in [-0.3, -0.25) is 4.40 Å². The fraction of sp³-hybridized carbons (Fsp3) is 0.125. The van der Waals surface area contributed by atoms with Crippen molar-refractivity contribution < 1.29 is 14.5 Å². The van der Waals surface area contributed by atoms with E-state index in [9.17, 15) is 4.79 Å². The summed E-state index contributed by atoms with van der Waals surface area (Å²) in [6.45, 7) is 0. The van der Waals surface area contributed by atoms with Crippen LogP contribution in [0.15, 0.2) is 24.8 Å². The van der Waals surface area contributed by atoms with Crippen LogP contribution in [0.2, 0.25) is 0 Å². The zero-order valence-electron chi connectivity index (χ0n) is 7.01. The quantitative estimate of drug-likeness (QED) is 0.618. The summed E-state index contributed by atoms with van der Waals surface area (Å²) in [5.74, 6) is -1.01. The Labute approximate surface area is 73.9 Å². The molecule has 66 valence electrons. The number of carboxylic acid groups (broad SMARTS) is 1. The van der Waals surface area contributed by atoms with Crippen LogP contribution in [0, 0.1) is 0 Å². The molecule has 1 N–H and O–H groups in total. The SMILES string of the molecule is C[n+]1ccn2cc(C(=O)O)nc2c1. The first kappa shape index (κ1) is 7.72. The van der Waals surface area contributed by atoms with Crippen LogP contribution in [-0.2, 0) is 7.05 Å². The van der Waals surface area contributed by atoms with E-state index < -0.39 is 5.97 Å². The highest BCUT2D eigenvalue weighted by atomic mass is 16.4. The maximum Gasteiger partial charge on any atom is 0.356 e. The zero-order valence-corrected chi connectivity index (χ0v) is 7.01. The molecule has 0 aromatic carbocycles. The molecule has 0 aliphatic carbocycles. The number of aryl methyl sites for hydroxylation is 1. The molecule has 0 radical (unpaired) electrons. The average molecular weight is 178 g/mol. The third kappa shape index (κ3) is 1.24. The van der Waals surface area contributed by atoms with Crippen molar-refractivity contribution in [1.82, 2.24) is 9.38 Å². The summed E-state index contributed by atoms with van der Waals surface area (Å²) in [6, 6.07) is 0. The number of carboxylic acids is 1. The van der Waals surface area contributed by atoms with Crippen LogP contribution in [-0.4, -0.2) is 20.5 Å². The lowest BCUT2D eigenvalue weighted by Gasteiger charge is -1.87. The number of aromatic nitrogens is 3. The topological polar surface area (TPSA) is 58.5 Å². The van der Waals surface area contributed by atoms with Crippen LogP contribution in [0.3, 0.4) is 0 Å². The third-order valence-corrected chi connectivity index (χ3v) is 1.76. The Hall–Kier alpha value is -1.91. The average Bonchev–Trinajstić information content (AvgIpc) is 2.46. The summed E-state index contributed by atoms with van der Waals surface area (Å²) in [4.78, 5) is 14.5. The molecule has 2 aromatic heterocycles. The van der Waals surface area contributed by atoms with Gasteiger partial charge in [0, 0.05) is 6.20 Å². The number of carbonyl (C=O) groups is 1. The maximum absolute atomic E-state index is 10.6. The second-order valence-corrected chi connectivity index (χ2v) is 2.79. The van der Waals surface area contributed by atoms with Gasteiger partial charge in [0.05, 0.1) is 6.20 Å². The molecular weight excluding hydrogens is 170 g/mol. The lowest BCUT2D eigenvalue weighted by Crippen LogP contribution is -2.26. The monoisotopic (exact) mass is 178 g/mol. The highest BCUT2D eigenvalue weighted by Crippen LogP contribution is 2.01. The molecule has 0 bridgehead atoms. The van der Waals surface area contributed by atoms with Crippen molar-refractivity contribution >= 4 is 11.6 Å². The molecule has 0 atom stereocenters. The molecular formula is C8H8N3O2+. The van der Waals surface area contributed by atoms with E-state index in [1.165, 1.54) is 6.20 Å². The van der Waals surface area contributed by atoms with Crippen molar-refractivity contribution in [2.75, 3.05) is 0 Å². The first-order valence-electron chi connectivity index (χ1n) is 3.74. The van der Waals surface area contributed by atoms with E-state index >= 15 is 0 Å². The van der Waals surface area contributed by atoms with Gasteiger partial charge in [0.15, 0.2) is 11.9 Å². The summed E-state index contributed by atoms with van der Waals surface area (Å²) in [5, 5.41) is 8.67. The molecule has 2 heterocycles. The van der Waals surface area contributed by atoms with Gasteiger partial charge in [-0.15, -0.1) is 0 Å². The van der Waals surface area contributed by atoms with E-state index in [0.717, 1.165) is 0 Å². The fourth-order valence-corrected chi connectivity index (χ4v) is 1.13. The molecule has 0 saturated heterocycles. The predicted molar refractivity (Wildman–Crippen MR) is 43.3 cm³/mol. The van der Waals surface area contributed by atoms with Crippen molar-refractivity contribution in [3.05, 3.63) is 30.5 Å². The first-order chi connectivity index (χ1) is 6.16. The van der Waals surface area contributed by atoms with Crippen LogP contribution in [0.4, 0.5) is 0 Å². The van der Waals surface area contributed by atoms with Crippen LogP contribution in [0.5, 0.6) is 0 Å². The highest BCUT2D eigenvalue weighted by Gasteiger charge is 2.09. The minimum absolute atomic E-state index is 0.0613. The van der Waals surface area contributed by atoms with Crippen molar-refractivity contribution in [1.29, 1.82) is 0 Å². The molecule has 0 amide bonds. The van der Waals surface area contributed by atoms with Gasteiger partial charge in [0.25, 0.3) is 0 Å². The number of fused-ring (bicyclic) bond motifs is 1. The Bertz CT molecular complexity index is 475. The second kappa shape index (κ2) is 2.55. The van der Waals surface area contributed by atoms with Gasteiger partial charge >= 0.3 is 5.97 Å². The summed E-state index contributed by atoms with van der Waals surface area (Å²) in [6.07, 6.45) is 6.82. The number of imidazole rings is 1. The highest BCUT2D eigenvalue weighted by molar-refractivity contribution is 5.85. The van der Waals surface area contributed by atoms with Crippen molar-refractivity contribution in [3.8, 4) is 0 Å². The van der Waals surface area contributed by atoms with Crippen LogP contribution in [0.1, 0.15) is 10.5 Å². The van der Waals surface area contributed by atoms with Crippen molar-refractivity contribution in [3.63, 3.8) is 0 Å². The Morgan fingerprint density at radius 3 is 3.15 bits per heavy atom. The minimum Gasteiger partial charge on any atom is -0.476 e. The Morgan fingerprint density at radius 1 is 1.69 bits per heavy atom. The van der Waals surface area contributed by atoms with Gasteiger partial charge in [-0.25, -0.2) is 14.3 Å². The standard InChI is InChI=1S/C8H7N3O2/c1-10-2-3-11-4-6(8(12)13)9-7(11)5-10/h2-5H,1H3/p+1. The molecule has 0 saturated carbocycles. The van der Waals surface area contributed by atoms with Gasteiger partial charge in [-0.2, -0.15) is 0 Å². The number of hydrogen-bond donors (Lipinski definition) is 1. The number of hydrogen-bond acceptors (Lipinski definition) is 2. The van der Waals surface area contributed by atoms with E-state index in [0.29, 0.717) is 5.65 Å². The molecule has 0 fully saturated rings. The van der Waals surface area contributed by atoms with Crippen LogP contribution in [0.25, 0.3) is 5.65 Å². The molecule has 0 aliphatic rings. The predicted octanol–water partition coefficient (Wildman–Crippen LogP) is -0.143. The van der Waals surface area contributed by atoms with Gasteiger partial charge in [0.1, 0.15) is 7.05 Å². The largest absolute Gasteiger partial charge is 0.476 e. The van der Waals surface area contributed by atoms with E-state index in [1.54, 1.807) is 16.8 Å². The molecule has 5 heteroatoms. The van der Waals surface area contributed by atoms with Crippen molar-refractivity contribution in [2.24, 2.45) is 7.05 Å². The van der Waals surface area contributed by atoms with Crippen LogP contribution >= 0.6 is 0 Å². The zero-order chi connectivity index (χ0) is 9.42. The summed E-state index contributed by atoms with van der Waals surface area (Å²) < 4.78 is 3.48.